The Kier molecular flexibility index (Phi) is 2.00. The van der Waals surface area contributed by atoms with Gasteiger partial charge in [-0.25, -0.2) is 9.37 Å². The minimum atomic E-state index is -0.436. The number of benzene rings is 1. The Morgan fingerprint density at radius 1 is 1.50 bits per heavy atom. The molecule has 3 nitrogen and oxygen atoms in total. The Hall–Kier alpha value is -1.42. The molecule has 0 amide bonds. The van der Waals surface area contributed by atoms with E-state index in [1.54, 1.807) is 0 Å². The third-order valence-electron chi connectivity index (χ3n) is 1.98. The van der Waals surface area contributed by atoms with Gasteiger partial charge in [0.15, 0.2) is 0 Å². The van der Waals surface area contributed by atoms with Gasteiger partial charge < -0.3 is 0 Å². The molecule has 0 atom stereocenters. The molecule has 0 N–H and O–H groups in total. The number of hydrogen-bond donors (Lipinski definition) is 0. The van der Waals surface area contributed by atoms with Crippen molar-refractivity contribution in [2.24, 2.45) is 7.05 Å². The Morgan fingerprint density at radius 3 is 2.93 bits per heavy atom. The van der Waals surface area contributed by atoms with E-state index in [1.165, 1.54) is 29.8 Å². The standard InChI is InChI=1S/C9H6ClFN2O/c1-13-8(14)6-3-2-5(11)4-7(6)12-9(13)10/h2-4H,1H3. The first-order valence-electron chi connectivity index (χ1n) is 3.91. The van der Waals surface area contributed by atoms with Crippen LogP contribution in [0.3, 0.4) is 0 Å². The third-order valence-corrected chi connectivity index (χ3v) is 2.32. The molecule has 0 bridgehead atoms. The lowest BCUT2D eigenvalue weighted by Crippen LogP contribution is -2.18. The van der Waals surface area contributed by atoms with Crippen molar-refractivity contribution in [2.45, 2.75) is 0 Å². The summed E-state index contributed by atoms with van der Waals surface area (Å²) in [6, 6.07) is 3.80. The van der Waals surface area contributed by atoms with Gasteiger partial charge in [-0.05, 0) is 23.7 Å². The fraction of sp³-hybridized carbons (Fsp3) is 0.111. The van der Waals surface area contributed by atoms with E-state index in [1.807, 2.05) is 0 Å². The van der Waals surface area contributed by atoms with E-state index in [0.717, 1.165) is 0 Å². The maximum Gasteiger partial charge on any atom is 0.262 e. The van der Waals surface area contributed by atoms with E-state index in [-0.39, 0.29) is 16.4 Å². The number of rotatable bonds is 0. The summed E-state index contributed by atoms with van der Waals surface area (Å²) in [7, 11) is 1.51. The average molecular weight is 213 g/mol. The van der Waals surface area contributed by atoms with Crippen molar-refractivity contribution in [3.63, 3.8) is 0 Å². The summed E-state index contributed by atoms with van der Waals surface area (Å²) in [5, 5.41) is 0.409. The molecule has 5 heteroatoms. The van der Waals surface area contributed by atoms with Gasteiger partial charge in [0, 0.05) is 13.1 Å². The van der Waals surface area contributed by atoms with Crippen molar-refractivity contribution >= 4 is 22.5 Å². The van der Waals surface area contributed by atoms with Crippen molar-refractivity contribution in [1.29, 1.82) is 0 Å². The lowest BCUT2D eigenvalue weighted by Gasteiger charge is -2.02. The molecule has 0 aliphatic rings. The highest BCUT2D eigenvalue weighted by Gasteiger charge is 2.06. The van der Waals surface area contributed by atoms with Gasteiger partial charge in [-0.1, -0.05) is 0 Å². The van der Waals surface area contributed by atoms with Crippen LogP contribution in [0.5, 0.6) is 0 Å². The summed E-state index contributed by atoms with van der Waals surface area (Å²) in [6.45, 7) is 0. The van der Waals surface area contributed by atoms with Crippen LogP contribution >= 0.6 is 11.6 Å². The zero-order valence-corrected chi connectivity index (χ0v) is 8.05. The van der Waals surface area contributed by atoms with Crippen molar-refractivity contribution in [1.82, 2.24) is 9.55 Å². The summed E-state index contributed by atoms with van der Waals surface area (Å²) in [6.07, 6.45) is 0. The van der Waals surface area contributed by atoms with Crippen LogP contribution in [-0.4, -0.2) is 9.55 Å². The monoisotopic (exact) mass is 212 g/mol. The van der Waals surface area contributed by atoms with Gasteiger partial charge in [0.1, 0.15) is 5.82 Å². The van der Waals surface area contributed by atoms with Crippen LogP contribution in [-0.2, 0) is 7.05 Å². The predicted octanol–water partition coefficient (Wildman–Crippen LogP) is 1.73. The summed E-state index contributed by atoms with van der Waals surface area (Å²) < 4.78 is 14.0. The van der Waals surface area contributed by atoms with Gasteiger partial charge in [0.05, 0.1) is 10.9 Å². The first-order valence-corrected chi connectivity index (χ1v) is 4.29. The molecule has 1 heterocycles. The fourth-order valence-corrected chi connectivity index (χ4v) is 1.38. The average Bonchev–Trinajstić information content (AvgIpc) is 2.14. The second-order valence-corrected chi connectivity index (χ2v) is 3.24. The maximum atomic E-state index is 12.8. The zero-order chi connectivity index (χ0) is 10.3. The van der Waals surface area contributed by atoms with Crippen LogP contribution in [0.2, 0.25) is 5.28 Å². The van der Waals surface area contributed by atoms with Crippen LogP contribution in [0.4, 0.5) is 4.39 Å². The molecule has 0 saturated carbocycles. The maximum absolute atomic E-state index is 12.8. The number of halogens is 2. The van der Waals surface area contributed by atoms with E-state index in [0.29, 0.717) is 5.39 Å². The molecule has 2 aromatic rings. The number of nitrogens with zero attached hydrogens (tertiary/aromatic N) is 2. The van der Waals surface area contributed by atoms with Gasteiger partial charge >= 0.3 is 0 Å². The minimum Gasteiger partial charge on any atom is -0.286 e. The molecule has 14 heavy (non-hydrogen) atoms. The van der Waals surface area contributed by atoms with Gasteiger partial charge in [-0.3, -0.25) is 9.36 Å². The molecular weight excluding hydrogens is 207 g/mol. The van der Waals surface area contributed by atoms with E-state index in [4.69, 9.17) is 11.6 Å². The van der Waals surface area contributed by atoms with Crippen molar-refractivity contribution in [3.8, 4) is 0 Å². The molecule has 0 saturated heterocycles. The molecule has 1 aromatic carbocycles. The molecule has 0 aliphatic heterocycles. The lowest BCUT2D eigenvalue weighted by molar-refractivity contribution is 0.629. The van der Waals surface area contributed by atoms with Gasteiger partial charge in [-0.15, -0.1) is 0 Å². The van der Waals surface area contributed by atoms with Crippen LogP contribution < -0.4 is 5.56 Å². The highest BCUT2D eigenvalue weighted by Crippen LogP contribution is 2.11. The summed E-state index contributed by atoms with van der Waals surface area (Å²) in [4.78, 5) is 15.5. The SMILES string of the molecule is Cn1c(Cl)nc2cc(F)ccc2c1=O. The van der Waals surface area contributed by atoms with E-state index >= 15 is 0 Å². The topological polar surface area (TPSA) is 34.9 Å². The summed E-state index contributed by atoms with van der Waals surface area (Å²) in [5.41, 5.74) is -0.00176. The fourth-order valence-electron chi connectivity index (χ4n) is 1.22. The Balaban J connectivity index is 2.98. The molecule has 0 radical (unpaired) electrons. The third kappa shape index (κ3) is 1.28. The van der Waals surface area contributed by atoms with Crippen molar-refractivity contribution < 1.29 is 4.39 Å². The molecular formula is C9H6ClFN2O. The second kappa shape index (κ2) is 3.06. The smallest absolute Gasteiger partial charge is 0.262 e. The molecule has 1 aromatic heterocycles. The van der Waals surface area contributed by atoms with Crippen LogP contribution in [0.15, 0.2) is 23.0 Å². The normalized spacial score (nSPS) is 10.8. The largest absolute Gasteiger partial charge is 0.286 e. The second-order valence-electron chi connectivity index (χ2n) is 2.91. The van der Waals surface area contributed by atoms with Crippen LogP contribution in [0.25, 0.3) is 10.9 Å². The van der Waals surface area contributed by atoms with Crippen LogP contribution in [0.1, 0.15) is 0 Å². The summed E-state index contributed by atoms with van der Waals surface area (Å²) >= 11 is 5.67. The molecule has 0 aliphatic carbocycles. The Labute approximate surface area is 83.8 Å². The van der Waals surface area contributed by atoms with Gasteiger partial charge in [0.25, 0.3) is 5.56 Å². The van der Waals surface area contributed by atoms with Crippen LogP contribution in [0, 0.1) is 5.82 Å². The van der Waals surface area contributed by atoms with E-state index in [9.17, 15) is 9.18 Å². The van der Waals surface area contributed by atoms with Gasteiger partial charge in [-0.2, -0.15) is 0 Å². The number of hydrogen-bond acceptors (Lipinski definition) is 2. The highest BCUT2D eigenvalue weighted by molar-refractivity contribution is 6.28. The molecule has 72 valence electrons. The molecule has 0 fully saturated rings. The highest BCUT2D eigenvalue weighted by atomic mass is 35.5. The predicted molar refractivity (Wildman–Crippen MR) is 52.0 cm³/mol. The quantitative estimate of drug-likeness (QED) is 0.624. The first kappa shape index (κ1) is 9.15. The molecule has 0 unspecified atom stereocenters. The number of fused-ring (bicyclic) bond motifs is 1. The van der Waals surface area contributed by atoms with E-state index in [2.05, 4.69) is 4.98 Å². The zero-order valence-electron chi connectivity index (χ0n) is 7.29. The minimum absolute atomic E-state index is 0.0492. The van der Waals surface area contributed by atoms with Crippen molar-refractivity contribution in [2.75, 3.05) is 0 Å². The molecule has 0 spiro atoms. The lowest BCUT2D eigenvalue weighted by atomic mass is 10.2. The summed E-state index contributed by atoms with van der Waals surface area (Å²) in [5.74, 6) is -0.436. The Bertz CT molecular complexity index is 564. The van der Waals surface area contributed by atoms with E-state index < -0.39 is 5.82 Å². The van der Waals surface area contributed by atoms with Gasteiger partial charge in [0.2, 0.25) is 5.28 Å². The molecule has 2 rings (SSSR count). The Morgan fingerprint density at radius 2 is 2.21 bits per heavy atom. The van der Waals surface area contributed by atoms with Crippen molar-refractivity contribution in [3.05, 3.63) is 39.7 Å². The first-order chi connectivity index (χ1) is 6.59. The number of aromatic nitrogens is 2.